The Morgan fingerprint density at radius 1 is 0.911 bits per heavy atom. The maximum absolute atomic E-state index is 14.4. The molecular formula is C34H20ClF2N3O4S. The van der Waals surface area contributed by atoms with E-state index in [9.17, 15) is 32.4 Å². The van der Waals surface area contributed by atoms with Crippen LogP contribution in [0.4, 0.5) is 8.78 Å². The number of aromatic carboxylic acids is 1. The van der Waals surface area contributed by atoms with Crippen molar-refractivity contribution in [2.75, 3.05) is 0 Å². The molecule has 45 heavy (non-hydrogen) atoms. The third-order valence-electron chi connectivity index (χ3n) is 7.38. The van der Waals surface area contributed by atoms with E-state index >= 15 is 0 Å². The van der Waals surface area contributed by atoms with Gasteiger partial charge >= 0.3 is 5.97 Å². The molecule has 0 radical (unpaired) electrons. The molecule has 0 bridgehead atoms. The molecule has 11 heteroatoms. The molecule has 0 aliphatic heterocycles. The van der Waals surface area contributed by atoms with E-state index in [1.807, 2.05) is 0 Å². The molecule has 2 aromatic heterocycles. The number of benzene rings is 4. The Morgan fingerprint density at radius 2 is 1.64 bits per heavy atom. The first-order valence-electron chi connectivity index (χ1n) is 13.4. The molecule has 0 saturated heterocycles. The number of alkyl halides is 2. The lowest BCUT2D eigenvalue weighted by Crippen LogP contribution is -2.14. The number of hydrogen-bond acceptors (Lipinski definition) is 5. The summed E-state index contributed by atoms with van der Waals surface area (Å²) in [6.45, 7) is 0. The van der Waals surface area contributed by atoms with Crippen molar-refractivity contribution < 1.29 is 27.1 Å². The van der Waals surface area contributed by atoms with Gasteiger partial charge in [-0.25, -0.2) is 26.0 Å². The number of pyridine rings is 1. The molecule has 222 valence electrons. The Morgan fingerprint density at radius 3 is 2.33 bits per heavy atom. The molecule has 0 aliphatic carbocycles. The Kier molecular flexibility index (Phi) is 7.66. The summed E-state index contributed by atoms with van der Waals surface area (Å²) in [4.78, 5) is 15.4. The van der Waals surface area contributed by atoms with Crippen LogP contribution in [-0.4, -0.2) is 28.5 Å². The highest BCUT2D eigenvalue weighted by Gasteiger charge is 2.30. The predicted octanol–water partition coefficient (Wildman–Crippen LogP) is 8.44. The molecule has 0 aliphatic rings. The zero-order chi connectivity index (χ0) is 31.9. The molecule has 1 N–H and O–H groups in total. The maximum Gasteiger partial charge on any atom is 0.335 e. The van der Waals surface area contributed by atoms with Crippen molar-refractivity contribution in [3.8, 4) is 39.6 Å². The van der Waals surface area contributed by atoms with Gasteiger partial charge in [-0.05, 0) is 48.0 Å². The highest BCUT2D eigenvalue weighted by atomic mass is 35.5. The third kappa shape index (κ3) is 5.22. The second-order valence-electron chi connectivity index (χ2n) is 9.99. The summed E-state index contributed by atoms with van der Waals surface area (Å²) in [5, 5.41) is 20.1. The number of carbonyl (C=O) groups is 1. The van der Waals surface area contributed by atoms with Crippen molar-refractivity contribution in [1.82, 2.24) is 8.96 Å². The van der Waals surface area contributed by atoms with Crippen LogP contribution in [0.3, 0.4) is 0 Å². The van der Waals surface area contributed by atoms with Crippen LogP contribution in [0, 0.1) is 11.3 Å². The predicted molar refractivity (Wildman–Crippen MR) is 167 cm³/mol. The van der Waals surface area contributed by atoms with Crippen LogP contribution in [0.5, 0.6) is 0 Å². The smallest absolute Gasteiger partial charge is 0.335 e. The number of rotatable bonds is 7. The molecule has 4 aromatic carbocycles. The molecule has 6 aromatic rings. The lowest BCUT2D eigenvalue weighted by molar-refractivity contribution is 0.0697. The van der Waals surface area contributed by atoms with Crippen molar-refractivity contribution in [2.24, 2.45) is 0 Å². The Labute approximate surface area is 261 Å². The van der Waals surface area contributed by atoms with Gasteiger partial charge in [-0.2, -0.15) is 5.26 Å². The third-order valence-corrected chi connectivity index (χ3v) is 9.42. The highest BCUT2D eigenvalue weighted by Crippen LogP contribution is 2.44. The monoisotopic (exact) mass is 639 g/mol. The van der Waals surface area contributed by atoms with Gasteiger partial charge in [0.15, 0.2) is 0 Å². The standard InChI is InChI=1S/C34H20ClF2N3O4S/c35-29-17-23(34(41)42)10-13-26(29)21-5-3-6-22(16-21)32-31(27-7-2-1-4-24(27)18-38)28-14-15-39-19-30(28)40(32)45(43,44)25-11-8-20(9-12-25)33(36)37/h1-17,19,33H,(H,41,42). The van der Waals surface area contributed by atoms with E-state index in [1.54, 1.807) is 60.7 Å². The summed E-state index contributed by atoms with van der Waals surface area (Å²) in [6.07, 6.45) is 0.134. The second kappa shape index (κ2) is 11.6. The fourth-order valence-electron chi connectivity index (χ4n) is 5.30. The van der Waals surface area contributed by atoms with Gasteiger partial charge in [0.1, 0.15) is 0 Å². The van der Waals surface area contributed by atoms with Crippen LogP contribution in [-0.2, 0) is 10.0 Å². The Bertz CT molecular complexity index is 2280. The number of nitriles is 1. The Hall–Kier alpha value is -5.37. The number of aromatic nitrogens is 2. The first-order valence-corrected chi connectivity index (χ1v) is 15.2. The van der Waals surface area contributed by atoms with Gasteiger partial charge in [0.05, 0.1) is 39.5 Å². The number of carboxylic acid groups (broad SMARTS) is 1. The normalized spacial score (nSPS) is 11.5. The van der Waals surface area contributed by atoms with Gasteiger partial charge in [0.2, 0.25) is 0 Å². The molecule has 0 fully saturated rings. The second-order valence-corrected chi connectivity index (χ2v) is 12.2. The summed E-state index contributed by atoms with van der Waals surface area (Å²) < 4.78 is 56.6. The van der Waals surface area contributed by atoms with Crippen LogP contribution >= 0.6 is 11.6 Å². The fourth-order valence-corrected chi connectivity index (χ4v) is 7.12. The number of nitrogens with zero attached hydrogens (tertiary/aromatic N) is 3. The van der Waals surface area contributed by atoms with Crippen LogP contribution in [0.1, 0.15) is 27.9 Å². The number of hydrogen-bond donors (Lipinski definition) is 1. The number of carboxylic acids is 1. The molecule has 0 spiro atoms. The summed E-state index contributed by atoms with van der Waals surface area (Å²) >= 11 is 6.49. The lowest BCUT2D eigenvalue weighted by atomic mass is 9.94. The van der Waals surface area contributed by atoms with Crippen molar-refractivity contribution in [3.63, 3.8) is 0 Å². The van der Waals surface area contributed by atoms with E-state index in [1.165, 1.54) is 24.5 Å². The van der Waals surface area contributed by atoms with E-state index in [0.717, 1.165) is 28.2 Å². The first-order chi connectivity index (χ1) is 21.6. The number of fused-ring (bicyclic) bond motifs is 1. The maximum atomic E-state index is 14.4. The van der Waals surface area contributed by atoms with Crippen LogP contribution in [0.25, 0.3) is 44.4 Å². The summed E-state index contributed by atoms with van der Waals surface area (Å²) in [6, 6.07) is 26.2. The molecule has 0 atom stereocenters. The van der Waals surface area contributed by atoms with Gasteiger partial charge in [-0.15, -0.1) is 0 Å². The lowest BCUT2D eigenvalue weighted by Gasteiger charge is -2.16. The quantitative estimate of drug-likeness (QED) is 0.188. The van der Waals surface area contributed by atoms with Crippen molar-refractivity contribution >= 4 is 38.5 Å². The van der Waals surface area contributed by atoms with Gasteiger partial charge in [-0.1, -0.05) is 66.2 Å². The van der Waals surface area contributed by atoms with Crippen LogP contribution in [0.2, 0.25) is 5.02 Å². The first kappa shape index (κ1) is 29.7. The molecule has 0 saturated carbocycles. The molecular weight excluding hydrogens is 620 g/mol. The fraction of sp³-hybridized carbons (Fsp3) is 0.0294. The zero-order valence-electron chi connectivity index (χ0n) is 23.0. The van der Waals surface area contributed by atoms with E-state index in [2.05, 4.69) is 11.1 Å². The van der Waals surface area contributed by atoms with E-state index in [4.69, 9.17) is 11.6 Å². The largest absolute Gasteiger partial charge is 0.478 e. The Balaban J connectivity index is 1.69. The molecule has 0 unspecified atom stereocenters. The van der Waals surface area contributed by atoms with Crippen LogP contribution in [0.15, 0.2) is 114 Å². The highest BCUT2D eigenvalue weighted by molar-refractivity contribution is 7.90. The minimum atomic E-state index is -4.44. The molecule has 2 heterocycles. The summed E-state index contributed by atoms with van der Waals surface area (Å²) in [5.74, 6) is -1.14. The van der Waals surface area contributed by atoms with E-state index < -0.39 is 22.4 Å². The van der Waals surface area contributed by atoms with Gasteiger partial charge in [0, 0.05) is 44.4 Å². The molecule has 0 amide bonds. The minimum absolute atomic E-state index is 0.00637. The zero-order valence-corrected chi connectivity index (χ0v) is 24.6. The van der Waals surface area contributed by atoms with Gasteiger partial charge in [0.25, 0.3) is 16.4 Å². The van der Waals surface area contributed by atoms with Crippen molar-refractivity contribution in [2.45, 2.75) is 11.3 Å². The average Bonchev–Trinajstić information content (AvgIpc) is 3.40. The van der Waals surface area contributed by atoms with Crippen molar-refractivity contribution in [3.05, 3.63) is 131 Å². The van der Waals surface area contributed by atoms with E-state index in [-0.39, 0.29) is 32.3 Å². The minimum Gasteiger partial charge on any atom is -0.478 e. The summed E-state index contributed by atoms with van der Waals surface area (Å²) in [5.41, 5.74) is 2.84. The number of halogens is 3. The SMILES string of the molecule is N#Cc1ccccc1-c1c(-c2cccc(-c3ccc(C(=O)O)cc3Cl)c2)n(S(=O)(=O)c2ccc(C(F)F)cc2)c2cnccc12. The van der Waals surface area contributed by atoms with Crippen LogP contribution < -0.4 is 0 Å². The topological polar surface area (TPSA) is 113 Å². The summed E-state index contributed by atoms with van der Waals surface area (Å²) in [7, 11) is -4.44. The van der Waals surface area contributed by atoms with Crippen molar-refractivity contribution in [1.29, 1.82) is 5.26 Å². The van der Waals surface area contributed by atoms with Gasteiger partial charge in [-0.3, -0.25) is 4.98 Å². The average molecular weight is 640 g/mol. The molecule has 6 rings (SSSR count). The van der Waals surface area contributed by atoms with E-state index in [0.29, 0.717) is 38.8 Å². The molecule has 7 nitrogen and oxygen atoms in total. The van der Waals surface area contributed by atoms with Gasteiger partial charge < -0.3 is 5.11 Å².